The molecule has 160 valence electrons. The molecular weight excluding hydrogens is 478 g/mol. The number of nitrogens with zero attached hydrogens (tertiary/aromatic N) is 3. The van der Waals surface area contributed by atoms with Crippen LogP contribution >= 0.6 is 46.4 Å². The molecule has 0 aliphatic rings. The summed E-state index contributed by atoms with van der Waals surface area (Å²) in [5, 5.41) is 27.1. The first-order chi connectivity index (χ1) is 14.3. The molecule has 3 rings (SSSR count). The number of imidazole rings is 1. The van der Waals surface area contributed by atoms with Gasteiger partial charge in [0.1, 0.15) is 12.3 Å². The third-order valence-electron chi connectivity index (χ3n) is 3.54. The lowest BCUT2D eigenvalue weighted by molar-refractivity contribution is -1.20. The van der Waals surface area contributed by atoms with Gasteiger partial charge in [-0.2, -0.15) is 10.4 Å². The SMILES string of the molecule is Clc1ccc(CON=C(Cn2ccnc2)c2ccc(Cl)cc2Cl)c(Cl)c1.[O-][NH+](O)O. The average Bonchev–Trinajstić information content (AvgIpc) is 3.15. The number of hydrogen-bond acceptors (Lipinski definition) is 6. The number of nitrogens with one attached hydrogen (secondary N) is 1. The summed E-state index contributed by atoms with van der Waals surface area (Å²) < 4.78 is 1.86. The highest BCUT2D eigenvalue weighted by molar-refractivity contribution is 6.37. The van der Waals surface area contributed by atoms with Gasteiger partial charge in [-0.15, -0.1) is 0 Å². The summed E-state index contributed by atoms with van der Waals surface area (Å²) in [4.78, 5) is 9.56. The van der Waals surface area contributed by atoms with Gasteiger partial charge in [-0.25, -0.2) is 4.98 Å². The van der Waals surface area contributed by atoms with E-state index < -0.39 is 5.39 Å². The first kappa shape index (κ1) is 24.4. The van der Waals surface area contributed by atoms with Gasteiger partial charge in [-0.05, 0) is 30.3 Å². The summed E-state index contributed by atoms with van der Waals surface area (Å²) in [7, 11) is 0. The van der Waals surface area contributed by atoms with Crippen LogP contribution in [-0.2, 0) is 18.0 Å². The summed E-state index contributed by atoms with van der Waals surface area (Å²) in [6.07, 6.45) is 5.21. The molecule has 3 N–H and O–H groups in total. The molecule has 0 aliphatic carbocycles. The first-order valence-corrected chi connectivity index (χ1v) is 9.73. The molecule has 8 nitrogen and oxygen atoms in total. The lowest BCUT2D eigenvalue weighted by Crippen LogP contribution is -3.01. The van der Waals surface area contributed by atoms with Crippen LogP contribution in [0.5, 0.6) is 0 Å². The quantitative estimate of drug-likeness (QED) is 0.351. The average molecular weight is 494 g/mol. The van der Waals surface area contributed by atoms with Gasteiger partial charge in [0.25, 0.3) is 0 Å². The second kappa shape index (κ2) is 12.1. The van der Waals surface area contributed by atoms with Crippen molar-refractivity contribution in [3.8, 4) is 0 Å². The maximum absolute atomic E-state index is 8.56. The fraction of sp³-hybridized carbons (Fsp3) is 0.111. The molecule has 3 aromatic rings. The van der Waals surface area contributed by atoms with Crippen molar-refractivity contribution in [2.75, 3.05) is 0 Å². The van der Waals surface area contributed by atoms with Crippen LogP contribution < -0.4 is 5.39 Å². The summed E-state index contributed by atoms with van der Waals surface area (Å²) >= 11 is 24.4. The third-order valence-corrected chi connectivity index (χ3v) is 4.68. The number of aromatic nitrogens is 2. The Morgan fingerprint density at radius 1 is 1.07 bits per heavy atom. The second-order valence-electron chi connectivity index (χ2n) is 5.69. The predicted octanol–water partition coefficient (Wildman–Crippen LogP) is 4.27. The van der Waals surface area contributed by atoms with E-state index in [9.17, 15) is 0 Å². The van der Waals surface area contributed by atoms with Crippen LogP contribution in [0, 0.1) is 5.21 Å². The van der Waals surface area contributed by atoms with Gasteiger partial charge in [0.05, 0.1) is 17.9 Å². The zero-order valence-electron chi connectivity index (χ0n) is 15.2. The zero-order valence-corrected chi connectivity index (χ0v) is 18.2. The van der Waals surface area contributed by atoms with E-state index >= 15 is 0 Å². The molecule has 0 aliphatic heterocycles. The minimum atomic E-state index is -1.83. The summed E-state index contributed by atoms with van der Waals surface area (Å²) in [6.45, 7) is 0.643. The molecular formula is C18H16Cl4N4O4. The van der Waals surface area contributed by atoms with Crippen molar-refractivity contribution < 1.29 is 20.6 Å². The highest BCUT2D eigenvalue weighted by Gasteiger charge is 2.11. The van der Waals surface area contributed by atoms with Gasteiger partial charge in [0.2, 0.25) is 0 Å². The molecule has 0 saturated carbocycles. The van der Waals surface area contributed by atoms with Crippen molar-refractivity contribution in [3.05, 3.63) is 91.5 Å². The Balaban J connectivity index is 0.000000735. The molecule has 0 spiro atoms. The second-order valence-corrected chi connectivity index (χ2v) is 7.38. The van der Waals surface area contributed by atoms with Crippen LogP contribution in [0.4, 0.5) is 0 Å². The van der Waals surface area contributed by atoms with Crippen LogP contribution in [0.3, 0.4) is 0 Å². The Hall–Kier alpha value is -1.88. The highest BCUT2D eigenvalue weighted by atomic mass is 35.5. The Labute approximate surface area is 191 Å². The molecule has 30 heavy (non-hydrogen) atoms. The molecule has 0 saturated heterocycles. The molecule has 0 bridgehead atoms. The molecule has 1 heterocycles. The van der Waals surface area contributed by atoms with Gasteiger partial charge in [0, 0.05) is 38.6 Å². The van der Waals surface area contributed by atoms with Crippen molar-refractivity contribution in [3.63, 3.8) is 0 Å². The fourth-order valence-corrected chi connectivity index (χ4v) is 3.24. The van der Waals surface area contributed by atoms with E-state index in [0.717, 1.165) is 11.1 Å². The molecule has 0 radical (unpaired) electrons. The Bertz CT molecular complexity index is 982. The lowest BCUT2D eigenvalue weighted by Gasteiger charge is -2.10. The molecule has 0 fully saturated rings. The Morgan fingerprint density at radius 2 is 1.70 bits per heavy atom. The van der Waals surface area contributed by atoms with Gasteiger partial charge >= 0.3 is 0 Å². The van der Waals surface area contributed by atoms with E-state index in [1.807, 2.05) is 10.8 Å². The number of oxime groups is 1. The van der Waals surface area contributed by atoms with E-state index in [1.165, 1.54) is 0 Å². The van der Waals surface area contributed by atoms with Gasteiger partial charge in [0.15, 0.2) is 0 Å². The van der Waals surface area contributed by atoms with Crippen molar-refractivity contribution in [1.82, 2.24) is 9.55 Å². The molecule has 2 aromatic carbocycles. The molecule has 0 atom stereocenters. The van der Waals surface area contributed by atoms with E-state index in [1.54, 1.807) is 48.9 Å². The third kappa shape index (κ3) is 8.10. The number of rotatable bonds is 6. The summed E-state index contributed by atoms with van der Waals surface area (Å²) in [6, 6.07) is 10.4. The predicted molar refractivity (Wildman–Crippen MR) is 114 cm³/mol. The molecule has 1 aromatic heterocycles. The lowest BCUT2D eigenvalue weighted by atomic mass is 10.1. The van der Waals surface area contributed by atoms with E-state index in [2.05, 4.69) is 10.1 Å². The van der Waals surface area contributed by atoms with Gasteiger partial charge in [-0.3, -0.25) is 0 Å². The number of hydrogen-bond donors (Lipinski definition) is 3. The number of benzene rings is 2. The van der Waals surface area contributed by atoms with Crippen LogP contribution in [0.15, 0.2) is 60.3 Å². The zero-order chi connectivity index (χ0) is 22.1. The standard InChI is InChI=1S/C18H13Cl4N3O.H3NO3/c19-13-2-1-12(16(21)7-13)10-26-24-18(9-25-6-5-23-11-25)15-4-3-14(20)8-17(15)22;2-1(3)4/h1-8,11H,9-10H2;1-3H. The fourth-order valence-electron chi connectivity index (χ4n) is 2.26. The van der Waals surface area contributed by atoms with Crippen LogP contribution in [-0.4, -0.2) is 25.7 Å². The summed E-state index contributed by atoms with van der Waals surface area (Å²) in [5.41, 5.74) is 2.14. The summed E-state index contributed by atoms with van der Waals surface area (Å²) in [5.74, 6) is 0. The van der Waals surface area contributed by atoms with Crippen molar-refractivity contribution in [2.45, 2.75) is 13.2 Å². The molecule has 12 heteroatoms. The maximum atomic E-state index is 8.56. The number of halogens is 4. The van der Waals surface area contributed by atoms with E-state index in [4.69, 9.17) is 66.9 Å². The van der Waals surface area contributed by atoms with Crippen LogP contribution in [0.25, 0.3) is 0 Å². The topological polar surface area (TPSA) is 107 Å². The van der Waals surface area contributed by atoms with Gasteiger partial charge < -0.3 is 14.6 Å². The first-order valence-electron chi connectivity index (χ1n) is 8.22. The normalized spacial score (nSPS) is 11.3. The van der Waals surface area contributed by atoms with Gasteiger partial charge in [-0.1, -0.05) is 63.0 Å². The maximum Gasteiger partial charge on any atom is 0.143 e. The van der Waals surface area contributed by atoms with E-state index in [-0.39, 0.29) is 6.61 Å². The van der Waals surface area contributed by atoms with Crippen LogP contribution in [0.2, 0.25) is 20.1 Å². The molecule has 0 amide bonds. The smallest absolute Gasteiger partial charge is 0.143 e. The van der Waals surface area contributed by atoms with Crippen molar-refractivity contribution in [2.24, 2.45) is 5.16 Å². The van der Waals surface area contributed by atoms with Crippen molar-refractivity contribution >= 4 is 52.1 Å². The minimum Gasteiger partial charge on any atom is -0.566 e. The van der Waals surface area contributed by atoms with Crippen LogP contribution in [0.1, 0.15) is 11.1 Å². The monoisotopic (exact) mass is 492 g/mol. The van der Waals surface area contributed by atoms with E-state index in [0.29, 0.717) is 32.3 Å². The number of quaternary nitrogens is 1. The minimum absolute atomic E-state index is 0.203. The Kier molecular flexibility index (Phi) is 9.83. The largest absolute Gasteiger partial charge is 0.566 e. The highest BCUT2D eigenvalue weighted by Crippen LogP contribution is 2.24. The Morgan fingerprint density at radius 3 is 2.27 bits per heavy atom. The van der Waals surface area contributed by atoms with Crippen molar-refractivity contribution in [1.29, 1.82) is 0 Å². The molecule has 0 unspecified atom stereocenters.